The Kier molecular flexibility index (Phi) is 5.21. The lowest BCUT2D eigenvalue weighted by Gasteiger charge is -2.14. The van der Waals surface area contributed by atoms with Crippen LogP contribution in [0.2, 0.25) is 0 Å². The Balaban J connectivity index is 2.03. The van der Waals surface area contributed by atoms with Crippen LogP contribution >= 0.6 is 38.5 Å². The van der Waals surface area contributed by atoms with Gasteiger partial charge in [-0.2, -0.15) is 0 Å². The molecule has 0 saturated carbocycles. The highest BCUT2D eigenvalue weighted by Crippen LogP contribution is 2.25. The van der Waals surface area contributed by atoms with Gasteiger partial charge in [-0.1, -0.05) is 46.3 Å². The predicted molar refractivity (Wildman–Crippen MR) is 88.6 cm³/mol. The quantitative estimate of drug-likeness (QED) is 0.720. The highest BCUT2D eigenvalue weighted by atomic mass is 127. The highest BCUT2D eigenvalue weighted by molar-refractivity contribution is 14.1. The summed E-state index contributed by atoms with van der Waals surface area (Å²) in [5.74, 6) is 0. The highest BCUT2D eigenvalue weighted by Gasteiger charge is 2.10. The Labute approximate surface area is 130 Å². The molecule has 2 rings (SSSR count). The molecule has 94 valence electrons. The zero-order valence-corrected chi connectivity index (χ0v) is 13.7. The second-order valence-corrected chi connectivity index (χ2v) is 6.37. The summed E-state index contributed by atoms with van der Waals surface area (Å²) < 4.78 is 2.32. The summed E-state index contributed by atoms with van der Waals surface area (Å²) >= 11 is 5.85. The van der Waals surface area contributed by atoms with Crippen molar-refractivity contribution < 1.29 is 0 Å². The lowest BCUT2D eigenvalue weighted by molar-refractivity contribution is 0.648. The third-order valence-corrected chi connectivity index (χ3v) is 4.42. The predicted octanol–water partition coefficient (Wildman–Crippen LogP) is 4.69. The number of hydrogen-bond acceptors (Lipinski definition) is 1. The topological polar surface area (TPSA) is 26.0 Å². The van der Waals surface area contributed by atoms with Gasteiger partial charge in [0, 0.05) is 14.1 Å². The van der Waals surface area contributed by atoms with E-state index in [1.807, 2.05) is 6.07 Å². The first-order chi connectivity index (χ1) is 8.66. The van der Waals surface area contributed by atoms with Gasteiger partial charge in [0.1, 0.15) is 0 Å². The van der Waals surface area contributed by atoms with E-state index < -0.39 is 0 Å². The molecule has 1 atom stereocenters. The number of nitrogens with two attached hydrogens (primary N) is 1. The van der Waals surface area contributed by atoms with Crippen molar-refractivity contribution in [3.63, 3.8) is 0 Å². The summed E-state index contributed by atoms with van der Waals surface area (Å²) in [4.78, 5) is 0. The molecule has 0 aliphatic heterocycles. The summed E-state index contributed by atoms with van der Waals surface area (Å²) in [5.41, 5.74) is 8.86. The molecule has 0 aliphatic carbocycles. The van der Waals surface area contributed by atoms with Gasteiger partial charge in [-0.25, -0.2) is 0 Å². The molecule has 2 aromatic rings. The molecule has 0 spiro atoms. The van der Waals surface area contributed by atoms with E-state index in [9.17, 15) is 0 Å². The second kappa shape index (κ2) is 6.68. The van der Waals surface area contributed by atoms with Crippen LogP contribution in [0.5, 0.6) is 0 Å². The lowest BCUT2D eigenvalue weighted by atomic mass is 10.00. The molecule has 0 aromatic heterocycles. The third-order valence-electron chi connectivity index (χ3n) is 2.94. The van der Waals surface area contributed by atoms with Gasteiger partial charge in [0.25, 0.3) is 0 Å². The number of benzene rings is 2. The largest absolute Gasteiger partial charge is 0.324 e. The summed E-state index contributed by atoms with van der Waals surface area (Å²) in [6.45, 7) is 0. The van der Waals surface area contributed by atoms with Gasteiger partial charge in [-0.05, 0) is 64.8 Å². The van der Waals surface area contributed by atoms with Crippen LogP contribution in [0.1, 0.15) is 23.6 Å². The summed E-state index contributed by atoms with van der Waals surface area (Å²) in [6, 6.07) is 16.9. The molecule has 2 N–H and O–H groups in total. The fourth-order valence-corrected chi connectivity index (χ4v) is 3.04. The van der Waals surface area contributed by atoms with E-state index in [1.165, 1.54) is 14.7 Å². The summed E-state index contributed by atoms with van der Waals surface area (Å²) in [5, 5.41) is 0. The zero-order valence-electron chi connectivity index (χ0n) is 9.94. The maximum atomic E-state index is 6.29. The van der Waals surface area contributed by atoms with Crippen molar-refractivity contribution >= 4 is 38.5 Å². The van der Waals surface area contributed by atoms with E-state index in [4.69, 9.17) is 5.73 Å². The standard InChI is InChI=1S/C15H15BrIN/c16-12-7-8-14(17)13(10-12)15(18)9-6-11-4-2-1-3-5-11/h1-5,7-8,10,15H,6,9,18H2. The molecule has 0 radical (unpaired) electrons. The first-order valence-corrected chi connectivity index (χ1v) is 7.78. The molecule has 3 heteroatoms. The van der Waals surface area contributed by atoms with Gasteiger partial charge in [0.2, 0.25) is 0 Å². The van der Waals surface area contributed by atoms with E-state index in [2.05, 4.69) is 81.0 Å². The molecule has 0 bridgehead atoms. The minimum Gasteiger partial charge on any atom is -0.324 e. The van der Waals surface area contributed by atoms with Crippen molar-refractivity contribution in [2.24, 2.45) is 5.73 Å². The van der Waals surface area contributed by atoms with Gasteiger partial charge in [0.15, 0.2) is 0 Å². The molecule has 0 heterocycles. The van der Waals surface area contributed by atoms with Crippen LogP contribution in [0.25, 0.3) is 0 Å². The van der Waals surface area contributed by atoms with E-state index in [-0.39, 0.29) is 6.04 Å². The number of aryl methyl sites for hydroxylation is 1. The number of rotatable bonds is 4. The first kappa shape index (κ1) is 14.0. The average molecular weight is 416 g/mol. The Morgan fingerprint density at radius 2 is 1.83 bits per heavy atom. The summed E-state index contributed by atoms with van der Waals surface area (Å²) in [7, 11) is 0. The average Bonchev–Trinajstić information content (AvgIpc) is 2.40. The van der Waals surface area contributed by atoms with E-state index >= 15 is 0 Å². The lowest BCUT2D eigenvalue weighted by Crippen LogP contribution is -2.12. The Morgan fingerprint density at radius 1 is 1.11 bits per heavy atom. The van der Waals surface area contributed by atoms with Gasteiger partial charge < -0.3 is 5.73 Å². The van der Waals surface area contributed by atoms with Gasteiger partial charge in [-0.15, -0.1) is 0 Å². The third kappa shape index (κ3) is 3.80. The van der Waals surface area contributed by atoms with E-state index in [0.29, 0.717) is 0 Å². The Bertz CT molecular complexity index is 513. The van der Waals surface area contributed by atoms with Crippen molar-refractivity contribution in [1.29, 1.82) is 0 Å². The molecule has 1 unspecified atom stereocenters. The van der Waals surface area contributed by atoms with Crippen molar-refractivity contribution in [2.75, 3.05) is 0 Å². The number of hydrogen-bond donors (Lipinski definition) is 1. The fraction of sp³-hybridized carbons (Fsp3) is 0.200. The second-order valence-electron chi connectivity index (χ2n) is 4.30. The van der Waals surface area contributed by atoms with Crippen LogP contribution in [0, 0.1) is 3.57 Å². The van der Waals surface area contributed by atoms with Crippen molar-refractivity contribution in [1.82, 2.24) is 0 Å². The Morgan fingerprint density at radius 3 is 2.56 bits per heavy atom. The molecular formula is C15H15BrIN. The van der Waals surface area contributed by atoms with Crippen LogP contribution < -0.4 is 5.73 Å². The summed E-state index contributed by atoms with van der Waals surface area (Å²) in [6.07, 6.45) is 1.99. The first-order valence-electron chi connectivity index (χ1n) is 5.91. The SMILES string of the molecule is NC(CCc1ccccc1)c1cc(Br)ccc1I. The molecule has 18 heavy (non-hydrogen) atoms. The number of halogens is 2. The van der Waals surface area contributed by atoms with Crippen LogP contribution in [0.3, 0.4) is 0 Å². The minimum absolute atomic E-state index is 0.0922. The van der Waals surface area contributed by atoms with E-state index in [0.717, 1.165) is 17.3 Å². The van der Waals surface area contributed by atoms with Gasteiger partial charge in [-0.3, -0.25) is 0 Å². The van der Waals surface area contributed by atoms with Crippen molar-refractivity contribution in [3.05, 3.63) is 67.7 Å². The molecule has 0 fully saturated rings. The molecule has 0 aliphatic rings. The molecule has 1 nitrogen and oxygen atoms in total. The van der Waals surface area contributed by atoms with Crippen LogP contribution in [-0.4, -0.2) is 0 Å². The van der Waals surface area contributed by atoms with E-state index in [1.54, 1.807) is 0 Å². The molecular weight excluding hydrogens is 401 g/mol. The van der Waals surface area contributed by atoms with Gasteiger partial charge in [0.05, 0.1) is 0 Å². The van der Waals surface area contributed by atoms with Crippen LogP contribution in [-0.2, 0) is 6.42 Å². The minimum atomic E-state index is 0.0922. The Hall–Kier alpha value is -0.390. The fourth-order valence-electron chi connectivity index (χ4n) is 1.92. The van der Waals surface area contributed by atoms with Crippen molar-refractivity contribution in [3.8, 4) is 0 Å². The maximum Gasteiger partial charge on any atom is 0.0308 e. The smallest absolute Gasteiger partial charge is 0.0308 e. The molecule has 2 aromatic carbocycles. The normalized spacial score (nSPS) is 12.4. The monoisotopic (exact) mass is 415 g/mol. The zero-order chi connectivity index (χ0) is 13.0. The van der Waals surface area contributed by atoms with Crippen molar-refractivity contribution in [2.45, 2.75) is 18.9 Å². The van der Waals surface area contributed by atoms with Gasteiger partial charge >= 0.3 is 0 Å². The van der Waals surface area contributed by atoms with Crippen LogP contribution in [0.15, 0.2) is 53.0 Å². The maximum absolute atomic E-state index is 6.29. The molecule has 0 amide bonds. The molecule has 0 saturated heterocycles. The van der Waals surface area contributed by atoms with Crippen LogP contribution in [0.4, 0.5) is 0 Å².